The van der Waals surface area contributed by atoms with Crippen molar-refractivity contribution in [3.05, 3.63) is 36.1 Å². The third-order valence-corrected chi connectivity index (χ3v) is 2.13. The number of aromatic amines is 1. The molecule has 0 radical (unpaired) electrons. The van der Waals surface area contributed by atoms with Crippen LogP contribution in [0.4, 0.5) is 0 Å². The lowest BCUT2D eigenvalue weighted by molar-refractivity contribution is 1.01. The van der Waals surface area contributed by atoms with Crippen LogP contribution < -0.4 is 11.5 Å². The van der Waals surface area contributed by atoms with E-state index < -0.39 is 0 Å². The number of aliphatic imine (C=N–C) groups is 1. The summed E-state index contributed by atoms with van der Waals surface area (Å²) in [4.78, 5) is 11.3. The summed E-state index contributed by atoms with van der Waals surface area (Å²) >= 11 is 0. The quantitative estimate of drug-likeness (QED) is 0.489. The highest BCUT2D eigenvalue weighted by Gasteiger charge is 2.12. The molecule has 1 aliphatic rings. The molecule has 1 aromatic rings. The number of rotatable bonds is 2. The van der Waals surface area contributed by atoms with Gasteiger partial charge in [0.05, 0.1) is 5.70 Å². The van der Waals surface area contributed by atoms with Crippen molar-refractivity contribution in [2.24, 2.45) is 16.5 Å². The Labute approximate surface area is 87.6 Å². The number of aromatic nitrogens is 2. The molecule has 2 rings (SSSR count). The third kappa shape index (κ3) is 2.07. The fourth-order valence-electron chi connectivity index (χ4n) is 1.54. The lowest BCUT2D eigenvalue weighted by Gasteiger charge is -2.10. The molecule has 0 aromatic carbocycles. The topological polar surface area (TPSA) is 93.1 Å². The molecular formula is C10H13N5. The Balaban J connectivity index is 2.34. The van der Waals surface area contributed by atoms with Crippen LogP contribution in [-0.4, -0.2) is 15.9 Å². The largest absolute Gasteiger partial charge is 0.370 e. The summed E-state index contributed by atoms with van der Waals surface area (Å²) in [5.41, 5.74) is 12.5. The molecule has 0 bridgehead atoms. The summed E-state index contributed by atoms with van der Waals surface area (Å²) < 4.78 is 0. The Hall–Kier alpha value is -2.04. The van der Waals surface area contributed by atoms with Gasteiger partial charge in [-0.15, -0.1) is 0 Å². The van der Waals surface area contributed by atoms with E-state index in [4.69, 9.17) is 11.5 Å². The smallest absolute Gasteiger partial charge is 0.191 e. The van der Waals surface area contributed by atoms with Gasteiger partial charge in [0.1, 0.15) is 5.82 Å². The van der Waals surface area contributed by atoms with E-state index in [0.717, 1.165) is 29.9 Å². The zero-order chi connectivity index (χ0) is 10.7. The molecule has 1 aliphatic carbocycles. The van der Waals surface area contributed by atoms with Crippen LogP contribution in [-0.2, 0) is 0 Å². The molecule has 0 saturated carbocycles. The number of H-pyrrole nitrogens is 1. The minimum absolute atomic E-state index is 0.0700. The molecule has 5 nitrogen and oxygen atoms in total. The first kappa shape index (κ1) is 9.51. The van der Waals surface area contributed by atoms with Crippen LogP contribution in [0.1, 0.15) is 18.7 Å². The number of hydrogen-bond donors (Lipinski definition) is 3. The molecule has 1 aromatic heterocycles. The Kier molecular flexibility index (Phi) is 2.53. The number of nitrogens with one attached hydrogen (secondary N) is 1. The SMILES string of the molecule is NC(N)=NC1=CCCC=C1c1ncc[nH]1. The third-order valence-electron chi connectivity index (χ3n) is 2.13. The van der Waals surface area contributed by atoms with E-state index in [-0.39, 0.29) is 5.96 Å². The van der Waals surface area contributed by atoms with Gasteiger partial charge in [0, 0.05) is 18.0 Å². The predicted molar refractivity (Wildman–Crippen MR) is 59.7 cm³/mol. The van der Waals surface area contributed by atoms with Crippen molar-refractivity contribution >= 4 is 11.5 Å². The van der Waals surface area contributed by atoms with Crippen molar-refractivity contribution in [2.75, 3.05) is 0 Å². The zero-order valence-corrected chi connectivity index (χ0v) is 8.27. The number of imidazole rings is 1. The van der Waals surface area contributed by atoms with Gasteiger partial charge in [0.2, 0.25) is 0 Å². The van der Waals surface area contributed by atoms with Crippen LogP contribution in [0.25, 0.3) is 5.57 Å². The van der Waals surface area contributed by atoms with Gasteiger partial charge in [-0.2, -0.15) is 0 Å². The van der Waals surface area contributed by atoms with Crippen LogP contribution in [0.3, 0.4) is 0 Å². The maximum atomic E-state index is 5.37. The van der Waals surface area contributed by atoms with E-state index in [2.05, 4.69) is 21.0 Å². The molecule has 0 amide bonds. The van der Waals surface area contributed by atoms with Crippen molar-refractivity contribution in [3.63, 3.8) is 0 Å². The molecule has 0 spiro atoms. The molecule has 0 atom stereocenters. The molecule has 15 heavy (non-hydrogen) atoms. The van der Waals surface area contributed by atoms with Crippen LogP contribution in [0.15, 0.2) is 35.2 Å². The maximum absolute atomic E-state index is 5.37. The highest BCUT2D eigenvalue weighted by atomic mass is 15.0. The molecule has 0 saturated heterocycles. The van der Waals surface area contributed by atoms with Gasteiger partial charge in [-0.3, -0.25) is 0 Å². The minimum atomic E-state index is 0.0700. The Morgan fingerprint density at radius 2 is 2.13 bits per heavy atom. The van der Waals surface area contributed by atoms with Crippen molar-refractivity contribution in [1.29, 1.82) is 0 Å². The minimum Gasteiger partial charge on any atom is -0.370 e. The normalized spacial score (nSPS) is 15.5. The summed E-state index contributed by atoms with van der Waals surface area (Å²) in [6, 6.07) is 0. The van der Waals surface area contributed by atoms with E-state index in [0.29, 0.717) is 0 Å². The van der Waals surface area contributed by atoms with E-state index in [1.807, 2.05) is 6.08 Å². The van der Waals surface area contributed by atoms with Gasteiger partial charge in [-0.1, -0.05) is 12.2 Å². The number of hydrogen-bond acceptors (Lipinski definition) is 2. The maximum Gasteiger partial charge on any atom is 0.191 e. The number of guanidine groups is 1. The molecule has 5 heteroatoms. The average molecular weight is 203 g/mol. The highest BCUT2D eigenvalue weighted by molar-refractivity contribution is 5.83. The number of allylic oxidation sites excluding steroid dienone is 3. The van der Waals surface area contributed by atoms with Gasteiger partial charge in [0.25, 0.3) is 0 Å². The summed E-state index contributed by atoms with van der Waals surface area (Å²) in [5.74, 6) is 0.867. The average Bonchev–Trinajstić information content (AvgIpc) is 2.70. The summed E-state index contributed by atoms with van der Waals surface area (Å²) in [6.07, 6.45) is 9.52. The Morgan fingerprint density at radius 1 is 1.33 bits per heavy atom. The second-order valence-corrected chi connectivity index (χ2v) is 3.26. The lowest BCUT2D eigenvalue weighted by Crippen LogP contribution is -2.23. The first-order chi connectivity index (χ1) is 7.27. The van der Waals surface area contributed by atoms with Gasteiger partial charge < -0.3 is 16.5 Å². The number of nitrogens with zero attached hydrogens (tertiary/aromatic N) is 2. The highest BCUT2D eigenvalue weighted by Crippen LogP contribution is 2.26. The first-order valence-electron chi connectivity index (χ1n) is 4.77. The fourth-order valence-corrected chi connectivity index (χ4v) is 1.54. The summed E-state index contributed by atoms with van der Waals surface area (Å²) in [6.45, 7) is 0. The van der Waals surface area contributed by atoms with Crippen LogP contribution >= 0.6 is 0 Å². The summed E-state index contributed by atoms with van der Waals surface area (Å²) in [7, 11) is 0. The van der Waals surface area contributed by atoms with Gasteiger partial charge >= 0.3 is 0 Å². The molecule has 1 heterocycles. The van der Waals surface area contributed by atoms with Crippen molar-refractivity contribution in [3.8, 4) is 0 Å². The van der Waals surface area contributed by atoms with Crippen LogP contribution in [0.2, 0.25) is 0 Å². The molecule has 0 fully saturated rings. The first-order valence-corrected chi connectivity index (χ1v) is 4.77. The zero-order valence-electron chi connectivity index (χ0n) is 8.27. The van der Waals surface area contributed by atoms with E-state index in [1.54, 1.807) is 12.4 Å². The van der Waals surface area contributed by atoms with Crippen molar-refractivity contribution < 1.29 is 0 Å². The Morgan fingerprint density at radius 3 is 2.80 bits per heavy atom. The second kappa shape index (κ2) is 4.00. The Bertz CT molecular complexity index is 421. The van der Waals surface area contributed by atoms with Gasteiger partial charge in [-0.25, -0.2) is 9.98 Å². The molecule has 5 N–H and O–H groups in total. The summed E-state index contributed by atoms with van der Waals surface area (Å²) in [5, 5.41) is 0. The van der Waals surface area contributed by atoms with Crippen molar-refractivity contribution in [2.45, 2.75) is 12.8 Å². The molecule has 0 aliphatic heterocycles. The second-order valence-electron chi connectivity index (χ2n) is 3.26. The van der Waals surface area contributed by atoms with Crippen LogP contribution in [0, 0.1) is 0 Å². The molecule has 0 unspecified atom stereocenters. The van der Waals surface area contributed by atoms with Gasteiger partial charge in [0.15, 0.2) is 5.96 Å². The molecule has 78 valence electrons. The number of nitrogens with two attached hydrogens (primary N) is 2. The lowest BCUT2D eigenvalue weighted by atomic mass is 10.0. The molecular weight excluding hydrogens is 190 g/mol. The predicted octanol–water partition coefficient (Wildman–Crippen LogP) is 0.744. The monoisotopic (exact) mass is 203 g/mol. The van der Waals surface area contributed by atoms with Crippen molar-refractivity contribution in [1.82, 2.24) is 9.97 Å². The van der Waals surface area contributed by atoms with E-state index in [1.165, 1.54) is 0 Å². The van der Waals surface area contributed by atoms with Crippen LogP contribution in [0.5, 0.6) is 0 Å². The standard InChI is InChI=1S/C10H13N5/c11-10(12)15-8-4-2-1-3-7(8)9-13-5-6-14-9/h3-6H,1-2H2,(H,13,14)(H4,11,12,15). The van der Waals surface area contributed by atoms with E-state index >= 15 is 0 Å². The van der Waals surface area contributed by atoms with Gasteiger partial charge in [-0.05, 0) is 12.8 Å². The fraction of sp³-hybridized carbons (Fsp3) is 0.200. The van der Waals surface area contributed by atoms with E-state index in [9.17, 15) is 0 Å².